The number of aliphatic hydroxyl groups is 1. The highest BCUT2D eigenvalue weighted by atomic mass is 16.7. The van der Waals surface area contributed by atoms with Gasteiger partial charge in [-0.15, -0.1) is 0 Å². The van der Waals surface area contributed by atoms with Gasteiger partial charge in [0.25, 0.3) is 5.91 Å². The number of benzene rings is 2. The summed E-state index contributed by atoms with van der Waals surface area (Å²) in [6.45, 7) is 0.168. The summed E-state index contributed by atoms with van der Waals surface area (Å²) < 4.78 is 4.33. The lowest BCUT2D eigenvalue weighted by atomic mass is 10.0. The molecular weight excluding hydrogens is 298 g/mol. The smallest absolute Gasteiger partial charge is 0.373 e. The molecule has 0 saturated heterocycles. The maximum atomic E-state index is 12.1. The largest absolute Gasteiger partial charge is 0.502 e. The predicted octanol–water partition coefficient (Wildman–Crippen LogP) is 2.34. The van der Waals surface area contributed by atoms with E-state index < -0.39 is 17.6 Å². The number of aliphatic hydroxyl groups excluding tert-OH is 1. The maximum Gasteiger partial charge on any atom is 0.373 e. The molecule has 0 fully saturated rings. The van der Waals surface area contributed by atoms with Crippen LogP contribution in [0.1, 0.15) is 5.56 Å². The minimum atomic E-state index is -0.987. The number of hydrogen-bond donors (Lipinski definition) is 1. The molecule has 2 aromatic carbocycles. The molecule has 23 heavy (non-hydrogen) atoms. The molecule has 0 atom stereocenters. The van der Waals surface area contributed by atoms with Crippen molar-refractivity contribution in [2.45, 2.75) is 6.54 Å². The molecule has 0 heterocycles. The van der Waals surface area contributed by atoms with E-state index in [2.05, 4.69) is 4.74 Å². The number of fused-ring (bicyclic) bond motifs is 1. The summed E-state index contributed by atoms with van der Waals surface area (Å²) in [5.41, 5.74) is 0.879. The van der Waals surface area contributed by atoms with Crippen LogP contribution in [0.3, 0.4) is 0 Å². The molecule has 0 saturated carbocycles. The van der Waals surface area contributed by atoms with Gasteiger partial charge in [0.1, 0.15) is 0 Å². The number of ether oxygens (including phenoxy) is 1. The molecule has 0 aliphatic carbocycles. The second-order valence-electron chi connectivity index (χ2n) is 4.72. The third-order valence-electron chi connectivity index (χ3n) is 3.31. The standard InChI is InChI=1S/C17H17NO5/c1-22-17(21)15(19)10-16(20)18(23-2)11-13-8-5-7-12-6-3-4-9-14(12)13/h3-10,19H,11H2,1-2H3/b15-10-. The number of amides is 1. The minimum absolute atomic E-state index is 0.168. The summed E-state index contributed by atoms with van der Waals surface area (Å²) in [7, 11) is 2.45. The van der Waals surface area contributed by atoms with Crippen LogP contribution >= 0.6 is 0 Å². The SMILES string of the molecule is COC(=O)/C(O)=C/C(=O)N(Cc1cccc2ccccc12)OC. The Kier molecular flexibility index (Phi) is 5.32. The molecule has 1 N–H and O–H groups in total. The van der Waals surface area contributed by atoms with Crippen molar-refractivity contribution in [1.29, 1.82) is 0 Å². The second-order valence-corrected chi connectivity index (χ2v) is 4.72. The summed E-state index contributed by atoms with van der Waals surface area (Å²) in [6, 6.07) is 13.5. The zero-order valence-corrected chi connectivity index (χ0v) is 12.9. The van der Waals surface area contributed by atoms with Crippen LogP contribution < -0.4 is 0 Å². The first-order valence-corrected chi connectivity index (χ1v) is 6.88. The average Bonchev–Trinajstić information content (AvgIpc) is 2.58. The van der Waals surface area contributed by atoms with Crippen molar-refractivity contribution in [3.8, 4) is 0 Å². The van der Waals surface area contributed by atoms with Crippen molar-refractivity contribution >= 4 is 22.6 Å². The minimum Gasteiger partial charge on any atom is -0.502 e. The van der Waals surface area contributed by atoms with Crippen molar-refractivity contribution in [2.24, 2.45) is 0 Å². The topological polar surface area (TPSA) is 76.1 Å². The van der Waals surface area contributed by atoms with Gasteiger partial charge in [-0.1, -0.05) is 42.5 Å². The second kappa shape index (κ2) is 7.42. The zero-order chi connectivity index (χ0) is 16.8. The number of carbonyl (C=O) groups is 2. The van der Waals surface area contributed by atoms with Gasteiger partial charge in [-0.3, -0.25) is 9.63 Å². The van der Waals surface area contributed by atoms with E-state index in [4.69, 9.17) is 4.84 Å². The lowest BCUT2D eigenvalue weighted by molar-refractivity contribution is -0.173. The lowest BCUT2D eigenvalue weighted by Crippen LogP contribution is -2.28. The fourth-order valence-electron chi connectivity index (χ4n) is 2.17. The molecule has 0 radical (unpaired) electrons. The lowest BCUT2D eigenvalue weighted by Gasteiger charge is -2.19. The monoisotopic (exact) mass is 315 g/mol. The van der Waals surface area contributed by atoms with Gasteiger partial charge >= 0.3 is 5.97 Å². The summed E-state index contributed by atoms with van der Waals surface area (Å²) in [5, 5.41) is 12.5. The van der Waals surface area contributed by atoms with E-state index in [0.717, 1.165) is 34.6 Å². The first-order valence-electron chi connectivity index (χ1n) is 6.88. The number of hydroxylamine groups is 2. The first-order chi connectivity index (χ1) is 11.1. The normalized spacial score (nSPS) is 11.3. The molecule has 120 valence electrons. The Morgan fingerprint density at radius 2 is 1.83 bits per heavy atom. The number of nitrogens with zero attached hydrogens (tertiary/aromatic N) is 1. The van der Waals surface area contributed by atoms with Crippen LogP contribution in [-0.2, 0) is 25.7 Å². The number of esters is 1. The number of carbonyl (C=O) groups excluding carboxylic acids is 2. The molecule has 0 bridgehead atoms. The quantitative estimate of drug-likeness (QED) is 0.397. The summed E-state index contributed by atoms with van der Waals surface area (Å²) in [4.78, 5) is 28.3. The Bertz CT molecular complexity index is 748. The third kappa shape index (κ3) is 3.87. The van der Waals surface area contributed by atoms with Gasteiger partial charge in [0.05, 0.1) is 26.8 Å². The van der Waals surface area contributed by atoms with E-state index in [-0.39, 0.29) is 6.54 Å². The van der Waals surface area contributed by atoms with Crippen LogP contribution in [0.4, 0.5) is 0 Å². The Labute approximate surface area is 133 Å². The fraction of sp³-hybridized carbons (Fsp3) is 0.176. The molecule has 0 spiro atoms. The highest BCUT2D eigenvalue weighted by Gasteiger charge is 2.17. The van der Waals surface area contributed by atoms with Crippen LogP contribution in [0.25, 0.3) is 10.8 Å². The Hall–Kier alpha value is -2.86. The predicted molar refractivity (Wildman–Crippen MR) is 84.2 cm³/mol. The van der Waals surface area contributed by atoms with Crippen LogP contribution in [0.15, 0.2) is 54.3 Å². The molecular formula is C17H17NO5. The Balaban J connectivity index is 2.25. The summed E-state index contributed by atoms with van der Waals surface area (Å²) in [6.07, 6.45) is 0.764. The number of hydrogen-bond acceptors (Lipinski definition) is 5. The maximum absolute atomic E-state index is 12.1. The van der Waals surface area contributed by atoms with E-state index in [9.17, 15) is 14.7 Å². The molecule has 6 heteroatoms. The summed E-state index contributed by atoms with van der Waals surface area (Å²) in [5.74, 6) is -2.43. The van der Waals surface area contributed by atoms with Crippen molar-refractivity contribution in [1.82, 2.24) is 5.06 Å². The van der Waals surface area contributed by atoms with Crippen LogP contribution in [0.2, 0.25) is 0 Å². The molecule has 0 aromatic heterocycles. The molecule has 0 aliphatic rings. The number of methoxy groups -OCH3 is 1. The highest BCUT2D eigenvalue weighted by molar-refractivity contribution is 5.96. The van der Waals surface area contributed by atoms with Gasteiger partial charge in [0.2, 0.25) is 5.76 Å². The van der Waals surface area contributed by atoms with E-state index in [0.29, 0.717) is 0 Å². The molecule has 2 aromatic rings. The first kappa shape index (κ1) is 16.5. The average molecular weight is 315 g/mol. The van der Waals surface area contributed by atoms with Gasteiger partial charge in [-0.2, -0.15) is 0 Å². The fourth-order valence-corrected chi connectivity index (χ4v) is 2.17. The van der Waals surface area contributed by atoms with Gasteiger partial charge in [0.15, 0.2) is 0 Å². The van der Waals surface area contributed by atoms with E-state index in [1.807, 2.05) is 42.5 Å². The van der Waals surface area contributed by atoms with Gasteiger partial charge in [-0.25, -0.2) is 9.86 Å². The zero-order valence-electron chi connectivity index (χ0n) is 12.9. The van der Waals surface area contributed by atoms with Crippen LogP contribution in [0, 0.1) is 0 Å². The molecule has 0 aliphatic heterocycles. The van der Waals surface area contributed by atoms with Crippen molar-refractivity contribution < 1.29 is 24.3 Å². The van der Waals surface area contributed by atoms with Gasteiger partial charge in [0, 0.05) is 0 Å². The van der Waals surface area contributed by atoms with E-state index >= 15 is 0 Å². The summed E-state index contributed by atoms with van der Waals surface area (Å²) >= 11 is 0. The van der Waals surface area contributed by atoms with E-state index in [1.54, 1.807) is 0 Å². The molecule has 6 nitrogen and oxygen atoms in total. The van der Waals surface area contributed by atoms with Crippen LogP contribution in [0.5, 0.6) is 0 Å². The van der Waals surface area contributed by atoms with Crippen molar-refractivity contribution in [3.63, 3.8) is 0 Å². The molecule has 0 unspecified atom stereocenters. The Morgan fingerprint density at radius 3 is 2.52 bits per heavy atom. The van der Waals surface area contributed by atoms with Gasteiger partial charge in [-0.05, 0) is 16.3 Å². The Morgan fingerprint density at radius 1 is 1.13 bits per heavy atom. The van der Waals surface area contributed by atoms with E-state index in [1.165, 1.54) is 7.11 Å². The number of rotatable bonds is 5. The van der Waals surface area contributed by atoms with Crippen molar-refractivity contribution in [3.05, 3.63) is 59.9 Å². The molecule has 1 amide bonds. The third-order valence-corrected chi connectivity index (χ3v) is 3.31. The highest BCUT2D eigenvalue weighted by Crippen LogP contribution is 2.20. The van der Waals surface area contributed by atoms with Crippen LogP contribution in [-0.4, -0.2) is 36.3 Å². The molecule has 2 rings (SSSR count). The van der Waals surface area contributed by atoms with Crippen molar-refractivity contribution in [2.75, 3.05) is 14.2 Å². The van der Waals surface area contributed by atoms with Gasteiger partial charge < -0.3 is 9.84 Å².